The first kappa shape index (κ1) is 18.2. The molecule has 146 valence electrons. The zero-order chi connectivity index (χ0) is 20.2. The molecule has 3 aromatic carbocycles. The average Bonchev–Trinajstić information content (AvgIpc) is 3.34. The maximum Gasteiger partial charge on any atom is 0.130 e. The zero-order valence-electron chi connectivity index (χ0n) is 16.4. The van der Waals surface area contributed by atoms with Gasteiger partial charge in [-0.1, -0.05) is 54.6 Å². The van der Waals surface area contributed by atoms with E-state index in [9.17, 15) is 0 Å². The van der Waals surface area contributed by atoms with Crippen molar-refractivity contribution in [2.45, 2.75) is 13.0 Å². The van der Waals surface area contributed by atoms with Gasteiger partial charge in [0.05, 0.1) is 16.9 Å². The van der Waals surface area contributed by atoms with E-state index in [0.717, 1.165) is 40.0 Å². The van der Waals surface area contributed by atoms with Crippen LogP contribution in [0, 0.1) is 0 Å². The van der Waals surface area contributed by atoms with Crippen LogP contribution < -0.4 is 4.74 Å². The Hall–Kier alpha value is -3.86. The van der Waals surface area contributed by atoms with Crippen molar-refractivity contribution in [2.75, 3.05) is 6.54 Å². The van der Waals surface area contributed by atoms with Crippen LogP contribution in [0.3, 0.4) is 0 Å². The van der Waals surface area contributed by atoms with Gasteiger partial charge >= 0.3 is 0 Å². The van der Waals surface area contributed by atoms with Gasteiger partial charge in [-0.05, 0) is 53.1 Å². The molecule has 0 saturated heterocycles. The van der Waals surface area contributed by atoms with E-state index in [2.05, 4.69) is 69.0 Å². The molecule has 0 amide bonds. The number of benzene rings is 3. The van der Waals surface area contributed by atoms with Crippen LogP contribution in [0.15, 0.2) is 100 Å². The lowest BCUT2D eigenvalue weighted by molar-refractivity contribution is 0.301. The van der Waals surface area contributed by atoms with E-state index in [4.69, 9.17) is 4.74 Å². The molecule has 0 spiro atoms. The summed E-state index contributed by atoms with van der Waals surface area (Å²) in [5, 5.41) is 12.9. The number of hydrogen-bond donors (Lipinski definition) is 0. The van der Waals surface area contributed by atoms with Gasteiger partial charge < -0.3 is 4.74 Å². The molecule has 2 heterocycles. The van der Waals surface area contributed by atoms with Gasteiger partial charge in [-0.15, -0.1) is 5.10 Å². The number of hydrogen-bond acceptors (Lipinski definition) is 5. The summed E-state index contributed by atoms with van der Waals surface area (Å²) in [6, 6.07) is 28.8. The normalized spacial score (nSPS) is 12.9. The average molecular weight is 392 g/mol. The largest absolute Gasteiger partial charge is 0.487 e. The third-order valence-electron chi connectivity index (χ3n) is 5.08. The van der Waals surface area contributed by atoms with E-state index in [-0.39, 0.29) is 0 Å². The Balaban J connectivity index is 1.22. The lowest BCUT2D eigenvalue weighted by Crippen LogP contribution is -2.02. The smallest absolute Gasteiger partial charge is 0.130 e. The first-order chi connectivity index (χ1) is 14.8. The van der Waals surface area contributed by atoms with E-state index in [1.807, 2.05) is 36.4 Å². The van der Waals surface area contributed by atoms with Crippen molar-refractivity contribution in [1.29, 1.82) is 0 Å². The van der Waals surface area contributed by atoms with E-state index >= 15 is 0 Å². The summed E-state index contributed by atoms with van der Waals surface area (Å²) in [6.07, 6.45) is 0.849. The topological polar surface area (TPSA) is 59.2 Å². The number of pyridine rings is 1. The number of ether oxygens (including phenoxy) is 1. The predicted octanol–water partition coefficient (Wildman–Crippen LogP) is 5.57. The van der Waals surface area contributed by atoms with Crippen LogP contribution in [0.5, 0.6) is 5.75 Å². The minimum absolute atomic E-state index is 0.449. The van der Waals surface area contributed by atoms with E-state index in [1.54, 1.807) is 0 Å². The molecule has 30 heavy (non-hydrogen) atoms. The van der Waals surface area contributed by atoms with Gasteiger partial charge in [-0.2, -0.15) is 5.11 Å². The second kappa shape index (κ2) is 8.25. The molecule has 5 nitrogen and oxygen atoms in total. The third-order valence-corrected chi connectivity index (χ3v) is 5.08. The van der Waals surface area contributed by atoms with Crippen LogP contribution >= 0.6 is 0 Å². The summed E-state index contributed by atoms with van der Waals surface area (Å²) >= 11 is 0. The molecular weight excluding hydrogens is 372 g/mol. The van der Waals surface area contributed by atoms with Crippen molar-refractivity contribution < 1.29 is 4.74 Å². The summed E-state index contributed by atoms with van der Waals surface area (Å²) in [5.41, 5.74) is 6.37. The van der Waals surface area contributed by atoms with Crippen molar-refractivity contribution in [2.24, 2.45) is 15.4 Å². The van der Waals surface area contributed by atoms with Crippen LogP contribution in [0.1, 0.15) is 22.4 Å². The highest BCUT2D eigenvalue weighted by Crippen LogP contribution is 2.19. The molecule has 0 bridgehead atoms. The molecule has 0 atom stereocenters. The van der Waals surface area contributed by atoms with E-state index < -0.39 is 0 Å². The second-order valence-corrected chi connectivity index (χ2v) is 7.24. The molecule has 0 N–H and O–H groups in total. The van der Waals surface area contributed by atoms with Crippen LogP contribution in [0.4, 0.5) is 0 Å². The van der Waals surface area contributed by atoms with Gasteiger partial charge in [0.15, 0.2) is 0 Å². The fourth-order valence-electron chi connectivity index (χ4n) is 3.51. The Morgan fingerprint density at radius 3 is 2.57 bits per heavy atom. The number of nitrogens with zero attached hydrogens (tertiary/aromatic N) is 4. The number of rotatable bonds is 6. The first-order valence-electron chi connectivity index (χ1n) is 9.92. The highest BCUT2D eigenvalue weighted by molar-refractivity contribution is 6.02. The highest BCUT2D eigenvalue weighted by atomic mass is 16.5. The third kappa shape index (κ3) is 4.10. The molecule has 0 saturated carbocycles. The Kier molecular flexibility index (Phi) is 5.00. The SMILES string of the molecule is c1cc(Cc2ccc(OCc3ccc4ccccc4n3)cc2)cc(C2=NN=NC2)c1. The Morgan fingerprint density at radius 2 is 1.70 bits per heavy atom. The minimum Gasteiger partial charge on any atom is -0.487 e. The highest BCUT2D eigenvalue weighted by Gasteiger charge is 2.08. The lowest BCUT2D eigenvalue weighted by atomic mass is 10.0. The maximum atomic E-state index is 5.93. The molecular formula is C25H20N4O. The molecule has 0 unspecified atom stereocenters. The number of fused-ring (bicyclic) bond motifs is 1. The number of para-hydroxylation sites is 1. The van der Waals surface area contributed by atoms with Gasteiger partial charge in [0.25, 0.3) is 0 Å². The van der Waals surface area contributed by atoms with Crippen LogP contribution in [0.25, 0.3) is 10.9 Å². The first-order valence-corrected chi connectivity index (χ1v) is 9.92. The molecule has 0 aliphatic carbocycles. The quantitative estimate of drug-likeness (QED) is 0.430. The standard InChI is InChI=1S/C25H20N4O/c1-2-7-24-20(5-1)10-11-22(27-24)17-30-23-12-8-18(9-13-23)14-19-4-3-6-21(15-19)25-16-26-29-28-25/h1-13,15H,14,16-17H2. The van der Waals surface area contributed by atoms with Gasteiger partial charge in [0.1, 0.15) is 18.9 Å². The molecule has 5 rings (SSSR count). The van der Waals surface area contributed by atoms with Crippen molar-refractivity contribution in [3.05, 3.63) is 107 Å². The van der Waals surface area contributed by atoms with Gasteiger partial charge in [-0.25, -0.2) is 4.98 Å². The maximum absolute atomic E-state index is 5.93. The van der Waals surface area contributed by atoms with Crippen LogP contribution in [-0.4, -0.2) is 17.2 Å². The number of aromatic nitrogens is 1. The molecule has 5 heteroatoms. The summed E-state index contributed by atoms with van der Waals surface area (Å²) in [4.78, 5) is 4.66. The summed E-state index contributed by atoms with van der Waals surface area (Å²) in [5.74, 6) is 0.839. The second-order valence-electron chi connectivity index (χ2n) is 7.24. The molecule has 1 aliphatic heterocycles. The summed E-state index contributed by atoms with van der Waals surface area (Å²) in [6.45, 7) is 1.01. The van der Waals surface area contributed by atoms with Gasteiger partial charge in [-0.3, -0.25) is 0 Å². The molecule has 4 aromatic rings. The minimum atomic E-state index is 0.449. The zero-order valence-corrected chi connectivity index (χ0v) is 16.4. The van der Waals surface area contributed by atoms with E-state index in [0.29, 0.717) is 13.2 Å². The van der Waals surface area contributed by atoms with Crippen molar-refractivity contribution >= 4 is 16.6 Å². The Morgan fingerprint density at radius 1 is 0.800 bits per heavy atom. The predicted molar refractivity (Wildman–Crippen MR) is 118 cm³/mol. The monoisotopic (exact) mass is 392 g/mol. The fraction of sp³-hybridized carbons (Fsp3) is 0.120. The molecule has 1 aromatic heterocycles. The molecule has 1 aliphatic rings. The lowest BCUT2D eigenvalue weighted by Gasteiger charge is -2.09. The summed E-state index contributed by atoms with van der Waals surface area (Å²) in [7, 11) is 0. The van der Waals surface area contributed by atoms with E-state index in [1.165, 1.54) is 11.1 Å². The molecule has 0 fully saturated rings. The van der Waals surface area contributed by atoms with Gasteiger partial charge in [0.2, 0.25) is 0 Å². The van der Waals surface area contributed by atoms with Gasteiger partial charge in [0, 0.05) is 10.9 Å². The van der Waals surface area contributed by atoms with Crippen LogP contribution in [0.2, 0.25) is 0 Å². The van der Waals surface area contributed by atoms with Crippen LogP contribution in [-0.2, 0) is 13.0 Å². The van der Waals surface area contributed by atoms with Crippen molar-refractivity contribution in [3.63, 3.8) is 0 Å². The Labute approximate surface area is 174 Å². The fourth-order valence-corrected chi connectivity index (χ4v) is 3.51. The van der Waals surface area contributed by atoms with Crippen molar-refractivity contribution in [3.8, 4) is 5.75 Å². The Bertz CT molecular complexity index is 1250. The molecule has 0 radical (unpaired) electrons. The summed E-state index contributed by atoms with van der Waals surface area (Å²) < 4.78 is 5.93. The van der Waals surface area contributed by atoms with Crippen molar-refractivity contribution in [1.82, 2.24) is 4.98 Å².